The maximum absolute atomic E-state index is 11.1. The first kappa shape index (κ1) is 14.2. The molecule has 4 N–H and O–H groups in total. The molecule has 0 radical (unpaired) electrons. The zero-order valence-electron chi connectivity index (χ0n) is 11.3. The summed E-state index contributed by atoms with van der Waals surface area (Å²) in [5.74, 6) is 1.49. The number of hydrogen-bond acceptors (Lipinski definition) is 5. The van der Waals surface area contributed by atoms with Crippen LogP contribution in [-0.4, -0.2) is 28.5 Å². The Labute approximate surface area is 107 Å². The minimum Gasteiger partial charge on any atom is -0.384 e. The van der Waals surface area contributed by atoms with Gasteiger partial charge in [0.15, 0.2) is 0 Å². The summed E-state index contributed by atoms with van der Waals surface area (Å²) in [6.45, 7) is 8.04. The first-order chi connectivity index (χ1) is 8.31. The molecule has 0 unspecified atom stereocenters. The number of primary amides is 1. The molecular weight excluding hydrogens is 230 g/mol. The van der Waals surface area contributed by atoms with E-state index in [0.717, 1.165) is 0 Å². The van der Waals surface area contributed by atoms with Crippen molar-refractivity contribution in [3.05, 3.63) is 11.9 Å². The van der Waals surface area contributed by atoms with Crippen molar-refractivity contribution in [3.63, 3.8) is 0 Å². The molecule has 1 rings (SSSR count). The standard InChI is InChI=1S/C12H21N5O/c1-7(2)12-15-9(13)5-11(16-12)17(8(3)4)6-10(14)18/h5,7-8H,6H2,1-4H3,(H2,14,18)(H2,13,15,16). The highest BCUT2D eigenvalue weighted by Crippen LogP contribution is 2.19. The van der Waals surface area contributed by atoms with E-state index in [2.05, 4.69) is 9.97 Å². The smallest absolute Gasteiger partial charge is 0.237 e. The quantitative estimate of drug-likeness (QED) is 0.809. The second-order valence-corrected chi connectivity index (χ2v) is 4.85. The zero-order chi connectivity index (χ0) is 13.9. The normalized spacial score (nSPS) is 11.0. The van der Waals surface area contributed by atoms with Crippen molar-refractivity contribution in [1.29, 1.82) is 0 Å². The van der Waals surface area contributed by atoms with Gasteiger partial charge in [-0.2, -0.15) is 0 Å². The fourth-order valence-corrected chi connectivity index (χ4v) is 1.57. The fourth-order valence-electron chi connectivity index (χ4n) is 1.57. The van der Waals surface area contributed by atoms with E-state index in [0.29, 0.717) is 17.5 Å². The third kappa shape index (κ3) is 3.58. The summed E-state index contributed by atoms with van der Waals surface area (Å²) in [6.07, 6.45) is 0. The van der Waals surface area contributed by atoms with E-state index in [1.54, 1.807) is 6.07 Å². The van der Waals surface area contributed by atoms with Crippen LogP contribution in [0.2, 0.25) is 0 Å². The Morgan fingerprint density at radius 3 is 2.39 bits per heavy atom. The third-order valence-corrected chi connectivity index (χ3v) is 2.51. The summed E-state index contributed by atoms with van der Waals surface area (Å²) in [7, 11) is 0. The lowest BCUT2D eigenvalue weighted by atomic mass is 10.2. The van der Waals surface area contributed by atoms with Crippen LogP contribution in [0, 0.1) is 0 Å². The number of nitrogen functional groups attached to an aromatic ring is 1. The molecular formula is C12H21N5O. The number of aromatic nitrogens is 2. The molecule has 0 fully saturated rings. The van der Waals surface area contributed by atoms with Gasteiger partial charge in [-0.15, -0.1) is 0 Å². The van der Waals surface area contributed by atoms with Gasteiger partial charge in [-0.1, -0.05) is 13.8 Å². The monoisotopic (exact) mass is 251 g/mol. The van der Waals surface area contributed by atoms with Gasteiger partial charge in [0.25, 0.3) is 0 Å². The number of rotatable bonds is 5. The van der Waals surface area contributed by atoms with Gasteiger partial charge in [0.2, 0.25) is 5.91 Å². The van der Waals surface area contributed by atoms with Crippen LogP contribution in [0.4, 0.5) is 11.6 Å². The van der Waals surface area contributed by atoms with Crippen LogP contribution < -0.4 is 16.4 Å². The van der Waals surface area contributed by atoms with Crippen molar-refractivity contribution in [1.82, 2.24) is 9.97 Å². The van der Waals surface area contributed by atoms with Crippen molar-refractivity contribution in [2.45, 2.75) is 39.7 Å². The highest BCUT2D eigenvalue weighted by Gasteiger charge is 2.17. The van der Waals surface area contributed by atoms with E-state index in [-0.39, 0.29) is 18.5 Å². The summed E-state index contributed by atoms with van der Waals surface area (Å²) in [6, 6.07) is 1.77. The van der Waals surface area contributed by atoms with E-state index in [1.807, 2.05) is 32.6 Å². The fraction of sp³-hybridized carbons (Fsp3) is 0.583. The summed E-state index contributed by atoms with van der Waals surface area (Å²) < 4.78 is 0. The number of carbonyl (C=O) groups is 1. The van der Waals surface area contributed by atoms with E-state index in [9.17, 15) is 4.79 Å². The molecule has 0 saturated heterocycles. The Kier molecular flexibility index (Phi) is 4.47. The van der Waals surface area contributed by atoms with Crippen molar-refractivity contribution in [2.24, 2.45) is 5.73 Å². The van der Waals surface area contributed by atoms with Crippen LogP contribution in [0.15, 0.2) is 6.07 Å². The van der Waals surface area contributed by atoms with Crippen molar-refractivity contribution >= 4 is 17.5 Å². The maximum Gasteiger partial charge on any atom is 0.237 e. The second-order valence-electron chi connectivity index (χ2n) is 4.85. The molecule has 0 aliphatic heterocycles. The molecule has 1 aromatic heterocycles. The molecule has 1 aromatic rings. The second kappa shape index (κ2) is 5.66. The van der Waals surface area contributed by atoms with E-state index in [1.165, 1.54) is 0 Å². The largest absolute Gasteiger partial charge is 0.384 e. The average molecular weight is 251 g/mol. The first-order valence-electron chi connectivity index (χ1n) is 6.00. The van der Waals surface area contributed by atoms with Crippen LogP contribution in [0.25, 0.3) is 0 Å². The molecule has 0 aliphatic carbocycles. The van der Waals surface area contributed by atoms with Crippen LogP contribution >= 0.6 is 0 Å². The number of amides is 1. The Balaban J connectivity index is 3.15. The lowest BCUT2D eigenvalue weighted by molar-refractivity contribution is -0.116. The number of anilines is 2. The van der Waals surface area contributed by atoms with Crippen molar-refractivity contribution < 1.29 is 4.79 Å². The van der Waals surface area contributed by atoms with Gasteiger partial charge in [-0.05, 0) is 13.8 Å². The average Bonchev–Trinajstić information content (AvgIpc) is 2.24. The molecule has 100 valence electrons. The van der Waals surface area contributed by atoms with Crippen molar-refractivity contribution in [3.8, 4) is 0 Å². The van der Waals surface area contributed by atoms with Gasteiger partial charge in [0, 0.05) is 18.0 Å². The van der Waals surface area contributed by atoms with Gasteiger partial charge < -0.3 is 16.4 Å². The SMILES string of the molecule is CC(C)c1nc(N)cc(N(CC(N)=O)C(C)C)n1. The summed E-state index contributed by atoms with van der Waals surface area (Å²) in [5.41, 5.74) is 11.0. The topological polar surface area (TPSA) is 98.1 Å². The molecule has 18 heavy (non-hydrogen) atoms. The molecule has 6 nitrogen and oxygen atoms in total. The molecule has 0 spiro atoms. The Morgan fingerprint density at radius 1 is 1.33 bits per heavy atom. The van der Waals surface area contributed by atoms with E-state index >= 15 is 0 Å². The molecule has 0 saturated carbocycles. The highest BCUT2D eigenvalue weighted by molar-refractivity contribution is 5.79. The number of nitrogens with zero attached hydrogens (tertiary/aromatic N) is 3. The van der Waals surface area contributed by atoms with Gasteiger partial charge in [-0.25, -0.2) is 9.97 Å². The van der Waals surface area contributed by atoms with Gasteiger partial charge >= 0.3 is 0 Å². The first-order valence-corrected chi connectivity index (χ1v) is 6.00. The van der Waals surface area contributed by atoms with Crippen molar-refractivity contribution in [2.75, 3.05) is 17.2 Å². The summed E-state index contributed by atoms with van der Waals surface area (Å²) in [5, 5.41) is 0. The summed E-state index contributed by atoms with van der Waals surface area (Å²) >= 11 is 0. The molecule has 0 atom stereocenters. The van der Waals surface area contributed by atoms with Crippen LogP contribution in [-0.2, 0) is 4.79 Å². The number of hydrogen-bond donors (Lipinski definition) is 2. The Bertz CT molecular complexity index is 430. The highest BCUT2D eigenvalue weighted by atomic mass is 16.1. The maximum atomic E-state index is 11.1. The summed E-state index contributed by atoms with van der Waals surface area (Å²) in [4.78, 5) is 21.5. The van der Waals surface area contributed by atoms with E-state index in [4.69, 9.17) is 11.5 Å². The van der Waals surface area contributed by atoms with Gasteiger partial charge in [0.1, 0.15) is 17.5 Å². The lowest BCUT2D eigenvalue weighted by Crippen LogP contribution is -2.39. The molecule has 1 amide bonds. The van der Waals surface area contributed by atoms with Crippen LogP contribution in [0.1, 0.15) is 39.4 Å². The number of nitrogens with two attached hydrogens (primary N) is 2. The third-order valence-electron chi connectivity index (χ3n) is 2.51. The van der Waals surface area contributed by atoms with Crippen LogP contribution in [0.3, 0.4) is 0 Å². The zero-order valence-corrected chi connectivity index (χ0v) is 11.3. The molecule has 6 heteroatoms. The molecule has 1 heterocycles. The lowest BCUT2D eigenvalue weighted by Gasteiger charge is -2.27. The molecule has 0 bridgehead atoms. The minimum atomic E-state index is -0.396. The Morgan fingerprint density at radius 2 is 1.94 bits per heavy atom. The minimum absolute atomic E-state index is 0.104. The van der Waals surface area contributed by atoms with Gasteiger partial charge in [-0.3, -0.25) is 4.79 Å². The van der Waals surface area contributed by atoms with Gasteiger partial charge in [0.05, 0.1) is 6.54 Å². The number of carbonyl (C=O) groups excluding carboxylic acids is 1. The van der Waals surface area contributed by atoms with E-state index < -0.39 is 5.91 Å². The Hall–Kier alpha value is -1.85. The van der Waals surface area contributed by atoms with Crippen LogP contribution in [0.5, 0.6) is 0 Å². The molecule has 0 aromatic carbocycles. The molecule has 0 aliphatic rings. The predicted octanol–water partition coefficient (Wildman–Crippen LogP) is 0.882. The predicted molar refractivity (Wildman–Crippen MR) is 72.2 cm³/mol.